The monoisotopic (exact) mass is 238 g/mol. The van der Waals surface area contributed by atoms with Gasteiger partial charge in [0.25, 0.3) is 0 Å². The number of nitrogens with one attached hydrogen (secondary N) is 2. The smallest absolute Gasteiger partial charge is 0.220 e. The second-order valence-electron chi connectivity index (χ2n) is 5.86. The van der Waals surface area contributed by atoms with Gasteiger partial charge in [-0.2, -0.15) is 0 Å². The van der Waals surface area contributed by atoms with Crippen molar-refractivity contribution < 1.29 is 4.79 Å². The Labute approximate surface area is 105 Å². The Morgan fingerprint density at radius 2 is 1.94 bits per heavy atom. The summed E-state index contributed by atoms with van der Waals surface area (Å²) in [5, 5.41) is 6.61. The number of carbonyl (C=O) groups excluding carboxylic acids is 1. The summed E-state index contributed by atoms with van der Waals surface area (Å²) < 4.78 is 0. The summed E-state index contributed by atoms with van der Waals surface area (Å²) in [5.41, 5.74) is 0. The molecule has 1 saturated carbocycles. The molecule has 2 N–H and O–H groups in total. The van der Waals surface area contributed by atoms with Crippen molar-refractivity contribution in [1.29, 1.82) is 0 Å². The van der Waals surface area contributed by atoms with Crippen LogP contribution < -0.4 is 10.6 Å². The third kappa shape index (κ3) is 4.30. The Morgan fingerprint density at radius 3 is 2.59 bits per heavy atom. The zero-order valence-electron chi connectivity index (χ0n) is 11.0. The van der Waals surface area contributed by atoms with E-state index in [2.05, 4.69) is 17.6 Å². The minimum Gasteiger partial charge on any atom is -0.352 e. The lowest BCUT2D eigenvalue weighted by molar-refractivity contribution is -0.123. The number of piperidine rings is 1. The highest BCUT2D eigenvalue weighted by Gasteiger charge is 2.21. The lowest BCUT2D eigenvalue weighted by Crippen LogP contribution is -2.48. The highest BCUT2D eigenvalue weighted by atomic mass is 16.1. The van der Waals surface area contributed by atoms with Gasteiger partial charge in [-0.15, -0.1) is 0 Å². The summed E-state index contributed by atoms with van der Waals surface area (Å²) in [6.07, 6.45) is 9.58. The van der Waals surface area contributed by atoms with E-state index in [-0.39, 0.29) is 5.91 Å². The van der Waals surface area contributed by atoms with Gasteiger partial charge < -0.3 is 10.6 Å². The van der Waals surface area contributed by atoms with Gasteiger partial charge in [-0.1, -0.05) is 19.3 Å². The molecule has 0 bridgehead atoms. The van der Waals surface area contributed by atoms with Gasteiger partial charge in [-0.3, -0.25) is 4.79 Å². The highest BCUT2D eigenvalue weighted by molar-refractivity contribution is 5.76. The fraction of sp³-hybridized carbons (Fsp3) is 0.929. The van der Waals surface area contributed by atoms with Crippen molar-refractivity contribution in [2.45, 2.75) is 70.4 Å². The number of carbonyl (C=O) groups is 1. The number of hydrogen-bond donors (Lipinski definition) is 2. The SMILES string of the molecule is CC1CCC(NC(=O)CC2CCCCC2)CN1. The summed E-state index contributed by atoms with van der Waals surface area (Å²) in [6.45, 7) is 3.15. The first-order valence-electron chi connectivity index (χ1n) is 7.27. The van der Waals surface area contributed by atoms with Gasteiger partial charge in [-0.05, 0) is 38.5 Å². The zero-order valence-corrected chi connectivity index (χ0v) is 11.0. The van der Waals surface area contributed by atoms with Crippen molar-refractivity contribution in [3.63, 3.8) is 0 Å². The average Bonchev–Trinajstić information content (AvgIpc) is 2.33. The number of rotatable bonds is 3. The molecule has 1 saturated heterocycles. The van der Waals surface area contributed by atoms with E-state index >= 15 is 0 Å². The van der Waals surface area contributed by atoms with Gasteiger partial charge in [0.2, 0.25) is 5.91 Å². The molecule has 1 aliphatic carbocycles. The van der Waals surface area contributed by atoms with Crippen LogP contribution in [0.25, 0.3) is 0 Å². The molecule has 2 rings (SSSR count). The summed E-state index contributed by atoms with van der Waals surface area (Å²) in [6, 6.07) is 0.976. The molecule has 3 nitrogen and oxygen atoms in total. The Balaban J connectivity index is 1.66. The van der Waals surface area contributed by atoms with Gasteiger partial charge in [0.1, 0.15) is 0 Å². The molecule has 98 valence electrons. The Kier molecular flexibility index (Phi) is 4.84. The van der Waals surface area contributed by atoms with E-state index in [1.54, 1.807) is 0 Å². The molecular formula is C14H26N2O. The highest BCUT2D eigenvalue weighted by Crippen LogP contribution is 2.26. The fourth-order valence-electron chi connectivity index (χ4n) is 3.06. The van der Waals surface area contributed by atoms with Crippen LogP contribution in [0.1, 0.15) is 58.3 Å². The maximum Gasteiger partial charge on any atom is 0.220 e. The molecule has 2 atom stereocenters. The van der Waals surface area contributed by atoms with Crippen molar-refractivity contribution in [2.75, 3.05) is 6.54 Å². The number of amides is 1. The molecule has 0 aromatic rings. The minimum atomic E-state index is 0.276. The summed E-state index contributed by atoms with van der Waals surface area (Å²) >= 11 is 0. The van der Waals surface area contributed by atoms with Gasteiger partial charge in [0.05, 0.1) is 0 Å². The van der Waals surface area contributed by atoms with Crippen LogP contribution in [0.3, 0.4) is 0 Å². The Morgan fingerprint density at radius 1 is 1.18 bits per heavy atom. The molecule has 2 aliphatic rings. The van der Waals surface area contributed by atoms with E-state index in [0.29, 0.717) is 18.0 Å². The second kappa shape index (κ2) is 6.39. The maximum absolute atomic E-state index is 11.9. The Hall–Kier alpha value is -0.570. The molecule has 1 amide bonds. The van der Waals surface area contributed by atoms with E-state index in [1.807, 2.05) is 0 Å². The predicted octanol–water partition coefficient (Wildman–Crippen LogP) is 2.21. The van der Waals surface area contributed by atoms with Crippen LogP contribution >= 0.6 is 0 Å². The summed E-state index contributed by atoms with van der Waals surface area (Å²) in [4.78, 5) is 11.9. The average molecular weight is 238 g/mol. The molecule has 0 spiro atoms. The van der Waals surface area contributed by atoms with Crippen LogP contribution in [0.5, 0.6) is 0 Å². The third-order valence-electron chi connectivity index (χ3n) is 4.22. The fourth-order valence-corrected chi connectivity index (χ4v) is 3.06. The van der Waals surface area contributed by atoms with E-state index in [1.165, 1.54) is 38.5 Å². The first-order chi connectivity index (χ1) is 8.24. The molecule has 17 heavy (non-hydrogen) atoms. The van der Waals surface area contributed by atoms with E-state index in [4.69, 9.17) is 0 Å². The van der Waals surface area contributed by atoms with Crippen LogP contribution in [0, 0.1) is 5.92 Å². The van der Waals surface area contributed by atoms with Crippen molar-refractivity contribution in [3.05, 3.63) is 0 Å². The minimum absolute atomic E-state index is 0.276. The van der Waals surface area contributed by atoms with Crippen LogP contribution in [0.4, 0.5) is 0 Å². The molecule has 2 unspecified atom stereocenters. The third-order valence-corrected chi connectivity index (χ3v) is 4.22. The van der Waals surface area contributed by atoms with Crippen LogP contribution in [0.2, 0.25) is 0 Å². The van der Waals surface area contributed by atoms with Crippen LogP contribution in [0.15, 0.2) is 0 Å². The first-order valence-corrected chi connectivity index (χ1v) is 7.27. The van der Waals surface area contributed by atoms with Crippen LogP contribution in [-0.2, 0) is 4.79 Å². The molecule has 1 heterocycles. The molecule has 1 aliphatic heterocycles. The topological polar surface area (TPSA) is 41.1 Å². The van der Waals surface area contributed by atoms with Crippen molar-refractivity contribution in [1.82, 2.24) is 10.6 Å². The maximum atomic E-state index is 11.9. The van der Waals surface area contributed by atoms with Crippen LogP contribution in [-0.4, -0.2) is 24.5 Å². The largest absolute Gasteiger partial charge is 0.352 e. The lowest BCUT2D eigenvalue weighted by Gasteiger charge is -2.29. The van der Waals surface area contributed by atoms with E-state index in [9.17, 15) is 4.79 Å². The molecule has 0 aromatic carbocycles. The Bertz CT molecular complexity index is 241. The van der Waals surface area contributed by atoms with Crippen molar-refractivity contribution >= 4 is 5.91 Å². The van der Waals surface area contributed by atoms with Gasteiger partial charge in [0.15, 0.2) is 0 Å². The standard InChI is InChI=1S/C14H26N2O/c1-11-7-8-13(10-15-11)16-14(17)9-12-5-3-2-4-6-12/h11-13,15H,2-10H2,1H3,(H,16,17). The number of hydrogen-bond acceptors (Lipinski definition) is 2. The molecular weight excluding hydrogens is 212 g/mol. The predicted molar refractivity (Wildman–Crippen MR) is 69.8 cm³/mol. The first kappa shape index (κ1) is 12.9. The molecule has 0 radical (unpaired) electrons. The van der Waals surface area contributed by atoms with Gasteiger partial charge in [-0.25, -0.2) is 0 Å². The molecule has 3 heteroatoms. The quantitative estimate of drug-likeness (QED) is 0.791. The summed E-state index contributed by atoms with van der Waals surface area (Å²) in [5.74, 6) is 0.928. The normalized spacial score (nSPS) is 31.1. The molecule has 2 fully saturated rings. The van der Waals surface area contributed by atoms with E-state index in [0.717, 1.165) is 19.4 Å². The van der Waals surface area contributed by atoms with Gasteiger partial charge >= 0.3 is 0 Å². The molecule has 0 aromatic heterocycles. The van der Waals surface area contributed by atoms with Crippen molar-refractivity contribution in [2.24, 2.45) is 5.92 Å². The van der Waals surface area contributed by atoms with Gasteiger partial charge in [0, 0.05) is 25.0 Å². The van der Waals surface area contributed by atoms with Crippen molar-refractivity contribution in [3.8, 4) is 0 Å². The summed E-state index contributed by atoms with van der Waals surface area (Å²) in [7, 11) is 0. The second-order valence-corrected chi connectivity index (χ2v) is 5.86. The zero-order chi connectivity index (χ0) is 12.1. The van der Waals surface area contributed by atoms with E-state index < -0.39 is 0 Å². The lowest BCUT2D eigenvalue weighted by atomic mass is 9.86.